The average molecular weight is 367 g/mol. The lowest BCUT2D eigenvalue weighted by Gasteiger charge is -2.11. The van der Waals surface area contributed by atoms with Crippen LogP contribution in [0, 0.1) is 5.92 Å². The van der Waals surface area contributed by atoms with E-state index in [1.807, 2.05) is 0 Å². The van der Waals surface area contributed by atoms with E-state index in [0.29, 0.717) is 12.8 Å². The minimum absolute atomic E-state index is 0.152. The van der Waals surface area contributed by atoms with Crippen molar-refractivity contribution in [2.24, 2.45) is 5.92 Å². The molecule has 0 aromatic carbocycles. The Morgan fingerprint density at radius 3 is 1.50 bits per heavy atom. The van der Waals surface area contributed by atoms with Crippen LogP contribution in [0.2, 0.25) is 0 Å². The zero-order chi connectivity index (χ0) is 19.8. The summed E-state index contributed by atoms with van der Waals surface area (Å²) in [6.45, 7) is 5.53. The first kappa shape index (κ1) is 24.7. The van der Waals surface area contributed by atoms with Gasteiger partial charge in [-0.15, -0.1) is 0 Å². The van der Waals surface area contributed by atoms with Crippen LogP contribution in [0.5, 0.6) is 0 Å². The van der Waals surface area contributed by atoms with E-state index in [1.54, 1.807) is 0 Å². The lowest BCUT2D eigenvalue weighted by Crippen LogP contribution is -2.35. The summed E-state index contributed by atoms with van der Waals surface area (Å²) in [4.78, 5) is 48.4. The molecule has 0 N–H and O–H groups in total. The maximum Gasteiger partial charge on any atom is 0.216 e. The summed E-state index contributed by atoms with van der Waals surface area (Å²) in [6.07, 6.45) is 12.7. The lowest BCUT2D eigenvalue weighted by atomic mass is 9.88. The summed E-state index contributed by atoms with van der Waals surface area (Å²) >= 11 is 0. The van der Waals surface area contributed by atoms with Crippen LogP contribution in [0.3, 0.4) is 0 Å². The van der Waals surface area contributed by atoms with Crippen LogP contribution in [0.15, 0.2) is 0 Å². The molecule has 0 amide bonds. The highest BCUT2D eigenvalue weighted by Gasteiger charge is 2.34. The van der Waals surface area contributed by atoms with Gasteiger partial charge in [0, 0.05) is 12.8 Å². The Kier molecular flexibility index (Phi) is 15.1. The van der Waals surface area contributed by atoms with Crippen molar-refractivity contribution in [3.8, 4) is 0 Å². The van der Waals surface area contributed by atoms with Gasteiger partial charge in [-0.3, -0.25) is 19.2 Å². The first-order valence-corrected chi connectivity index (χ1v) is 10.6. The van der Waals surface area contributed by atoms with Gasteiger partial charge in [0.05, 0.1) is 0 Å². The lowest BCUT2D eigenvalue weighted by molar-refractivity contribution is -0.146. The van der Waals surface area contributed by atoms with Crippen molar-refractivity contribution in [2.75, 3.05) is 0 Å². The SMILES string of the molecule is CCCCCCCCC(=O)C(=O)C(C(C)=O)C(=O)CCCCCCCC. The quantitative estimate of drug-likeness (QED) is 0.185. The summed E-state index contributed by atoms with van der Waals surface area (Å²) in [5.74, 6) is -3.59. The van der Waals surface area contributed by atoms with Gasteiger partial charge in [0.25, 0.3) is 0 Å². The average Bonchev–Trinajstić information content (AvgIpc) is 2.60. The summed E-state index contributed by atoms with van der Waals surface area (Å²) in [5.41, 5.74) is 0. The van der Waals surface area contributed by atoms with Crippen molar-refractivity contribution in [3.63, 3.8) is 0 Å². The number of rotatable bonds is 18. The first-order valence-electron chi connectivity index (χ1n) is 10.6. The Morgan fingerprint density at radius 1 is 0.615 bits per heavy atom. The molecule has 0 aliphatic heterocycles. The van der Waals surface area contributed by atoms with Gasteiger partial charge in [0.1, 0.15) is 11.7 Å². The molecule has 0 fully saturated rings. The van der Waals surface area contributed by atoms with E-state index >= 15 is 0 Å². The second kappa shape index (κ2) is 15.9. The van der Waals surface area contributed by atoms with Crippen molar-refractivity contribution < 1.29 is 19.2 Å². The molecule has 0 bridgehead atoms. The standard InChI is InChI=1S/C22H38O4/c1-4-6-8-10-12-14-16-19(24)21(18(3)23)22(26)20(25)17-15-13-11-9-7-5-2/h21H,4-17H2,1-3H3. The van der Waals surface area contributed by atoms with Crippen molar-refractivity contribution in [2.45, 2.75) is 111 Å². The third-order valence-electron chi connectivity index (χ3n) is 4.80. The summed E-state index contributed by atoms with van der Waals surface area (Å²) in [6, 6.07) is 0. The number of Topliss-reactive ketones (excluding diaryl/α,β-unsaturated/α-hetero) is 4. The monoisotopic (exact) mass is 366 g/mol. The van der Waals surface area contributed by atoms with E-state index in [1.165, 1.54) is 32.6 Å². The molecule has 0 saturated carbocycles. The number of hydrogen-bond donors (Lipinski definition) is 0. The topological polar surface area (TPSA) is 68.3 Å². The predicted molar refractivity (Wildman–Crippen MR) is 105 cm³/mol. The van der Waals surface area contributed by atoms with Crippen molar-refractivity contribution in [1.29, 1.82) is 0 Å². The Labute approximate surface area is 159 Å². The van der Waals surface area contributed by atoms with Crippen LogP contribution in [0.4, 0.5) is 0 Å². The molecule has 0 aromatic rings. The van der Waals surface area contributed by atoms with Crippen LogP contribution in [-0.4, -0.2) is 23.1 Å². The molecule has 0 spiro atoms. The molecular formula is C22H38O4. The second-order valence-corrected chi connectivity index (χ2v) is 7.33. The van der Waals surface area contributed by atoms with E-state index in [-0.39, 0.29) is 18.6 Å². The van der Waals surface area contributed by atoms with Crippen LogP contribution in [-0.2, 0) is 19.2 Å². The third kappa shape index (κ3) is 11.3. The fourth-order valence-electron chi connectivity index (χ4n) is 3.13. The van der Waals surface area contributed by atoms with Crippen LogP contribution in [0.25, 0.3) is 0 Å². The molecule has 150 valence electrons. The summed E-state index contributed by atoms with van der Waals surface area (Å²) < 4.78 is 0. The van der Waals surface area contributed by atoms with Gasteiger partial charge in [-0.25, -0.2) is 0 Å². The van der Waals surface area contributed by atoms with Gasteiger partial charge in [-0.2, -0.15) is 0 Å². The zero-order valence-electron chi connectivity index (χ0n) is 17.1. The van der Waals surface area contributed by atoms with Crippen molar-refractivity contribution in [3.05, 3.63) is 0 Å². The number of carbonyl (C=O) groups excluding carboxylic acids is 4. The van der Waals surface area contributed by atoms with E-state index in [2.05, 4.69) is 13.8 Å². The number of unbranched alkanes of at least 4 members (excludes halogenated alkanes) is 10. The zero-order valence-corrected chi connectivity index (χ0v) is 17.1. The molecule has 26 heavy (non-hydrogen) atoms. The normalized spacial score (nSPS) is 12.0. The van der Waals surface area contributed by atoms with Crippen LogP contribution < -0.4 is 0 Å². The molecule has 1 unspecified atom stereocenters. The highest BCUT2D eigenvalue weighted by Crippen LogP contribution is 2.14. The molecule has 0 rings (SSSR count). The van der Waals surface area contributed by atoms with Crippen molar-refractivity contribution in [1.82, 2.24) is 0 Å². The third-order valence-corrected chi connectivity index (χ3v) is 4.80. The first-order chi connectivity index (χ1) is 12.5. The molecule has 0 aliphatic carbocycles. The smallest absolute Gasteiger partial charge is 0.216 e. The maximum atomic E-state index is 12.3. The summed E-state index contributed by atoms with van der Waals surface area (Å²) in [5, 5.41) is 0. The highest BCUT2D eigenvalue weighted by atomic mass is 16.2. The minimum atomic E-state index is -1.36. The Hall–Kier alpha value is -1.32. The maximum absolute atomic E-state index is 12.3. The Bertz CT molecular complexity index is 439. The van der Waals surface area contributed by atoms with Gasteiger partial charge in [0.15, 0.2) is 11.6 Å². The molecule has 0 aliphatic rings. The van der Waals surface area contributed by atoms with Gasteiger partial charge in [-0.05, 0) is 19.8 Å². The van der Waals surface area contributed by atoms with Crippen LogP contribution in [0.1, 0.15) is 111 Å². The number of ketones is 4. The Balaban J connectivity index is 4.27. The van der Waals surface area contributed by atoms with E-state index in [9.17, 15) is 19.2 Å². The van der Waals surface area contributed by atoms with E-state index in [4.69, 9.17) is 0 Å². The van der Waals surface area contributed by atoms with Gasteiger partial charge in [-0.1, -0.05) is 78.1 Å². The number of carbonyl (C=O) groups is 4. The summed E-state index contributed by atoms with van der Waals surface area (Å²) in [7, 11) is 0. The Morgan fingerprint density at radius 2 is 1.04 bits per heavy atom. The highest BCUT2D eigenvalue weighted by molar-refractivity contribution is 6.46. The molecule has 0 heterocycles. The molecule has 0 radical (unpaired) electrons. The van der Waals surface area contributed by atoms with Crippen molar-refractivity contribution >= 4 is 23.1 Å². The molecule has 1 atom stereocenters. The molecule has 0 saturated heterocycles. The van der Waals surface area contributed by atoms with Gasteiger partial charge >= 0.3 is 0 Å². The van der Waals surface area contributed by atoms with Gasteiger partial charge in [0.2, 0.25) is 5.78 Å². The van der Waals surface area contributed by atoms with Crippen LogP contribution >= 0.6 is 0 Å². The fourth-order valence-corrected chi connectivity index (χ4v) is 3.13. The van der Waals surface area contributed by atoms with E-state index < -0.39 is 23.3 Å². The van der Waals surface area contributed by atoms with Gasteiger partial charge < -0.3 is 0 Å². The predicted octanol–water partition coefficient (Wildman–Crippen LogP) is 5.40. The molecule has 0 aromatic heterocycles. The molecule has 4 nitrogen and oxygen atoms in total. The second-order valence-electron chi connectivity index (χ2n) is 7.33. The largest absolute Gasteiger partial charge is 0.299 e. The molecular weight excluding hydrogens is 328 g/mol. The number of hydrogen-bond acceptors (Lipinski definition) is 4. The fraction of sp³-hybridized carbons (Fsp3) is 0.818. The molecule has 4 heteroatoms. The van der Waals surface area contributed by atoms with E-state index in [0.717, 1.165) is 38.5 Å². The minimum Gasteiger partial charge on any atom is -0.299 e.